The first-order chi connectivity index (χ1) is 9.25. The van der Waals surface area contributed by atoms with Crippen molar-refractivity contribution in [2.24, 2.45) is 0 Å². The normalized spacial score (nSPS) is 29.4. The summed E-state index contributed by atoms with van der Waals surface area (Å²) >= 11 is 6.22. The average molecular weight is 280 g/mol. The van der Waals surface area contributed by atoms with Gasteiger partial charge >= 0.3 is 0 Å². The van der Waals surface area contributed by atoms with Crippen molar-refractivity contribution in [1.29, 1.82) is 0 Å². The van der Waals surface area contributed by atoms with Gasteiger partial charge in [0.25, 0.3) is 0 Å². The number of alkyl halides is 1. The van der Waals surface area contributed by atoms with Gasteiger partial charge in [-0.25, -0.2) is 0 Å². The van der Waals surface area contributed by atoms with Gasteiger partial charge in [0.1, 0.15) is 5.75 Å². The Morgan fingerprint density at radius 3 is 2.89 bits per heavy atom. The lowest BCUT2D eigenvalue weighted by molar-refractivity contribution is -0.123. The van der Waals surface area contributed by atoms with Crippen LogP contribution in [-0.2, 0) is 4.79 Å². The van der Waals surface area contributed by atoms with E-state index in [2.05, 4.69) is 5.32 Å². The summed E-state index contributed by atoms with van der Waals surface area (Å²) in [6.45, 7) is 0.601. The molecule has 0 spiro atoms. The number of rotatable bonds is 2. The number of amides is 1. The Morgan fingerprint density at radius 1 is 1.26 bits per heavy atom. The molecule has 3 rings (SSSR count). The fourth-order valence-electron chi connectivity index (χ4n) is 2.98. The third kappa shape index (κ3) is 2.57. The standard InChI is InChI=1S/C15H18ClNO2/c16-12-5-3-6-13(12)17-15(18)11-8-9-19-14-7-2-1-4-10(11)14/h1-2,4,7,11-13H,3,5-6,8-9H2,(H,17,18). The van der Waals surface area contributed by atoms with Gasteiger partial charge in [-0.15, -0.1) is 11.6 Å². The van der Waals surface area contributed by atoms with Gasteiger partial charge in [-0.3, -0.25) is 4.79 Å². The number of benzene rings is 1. The van der Waals surface area contributed by atoms with Crippen molar-refractivity contribution in [1.82, 2.24) is 5.32 Å². The minimum atomic E-state index is -0.102. The molecule has 3 unspecified atom stereocenters. The Balaban J connectivity index is 1.74. The van der Waals surface area contributed by atoms with E-state index in [4.69, 9.17) is 16.3 Å². The third-order valence-corrected chi connectivity index (χ3v) is 4.56. The molecule has 1 aliphatic carbocycles. The molecule has 0 bridgehead atoms. The van der Waals surface area contributed by atoms with E-state index >= 15 is 0 Å². The molecule has 4 heteroatoms. The van der Waals surface area contributed by atoms with Gasteiger partial charge in [0, 0.05) is 11.6 Å². The zero-order valence-electron chi connectivity index (χ0n) is 10.8. The molecular weight excluding hydrogens is 262 g/mol. The van der Waals surface area contributed by atoms with Crippen molar-refractivity contribution < 1.29 is 9.53 Å². The summed E-state index contributed by atoms with van der Waals surface area (Å²) in [5.41, 5.74) is 0.996. The van der Waals surface area contributed by atoms with Gasteiger partial charge < -0.3 is 10.1 Å². The number of ether oxygens (including phenoxy) is 1. The van der Waals surface area contributed by atoms with Crippen molar-refractivity contribution in [2.75, 3.05) is 6.61 Å². The zero-order chi connectivity index (χ0) is 13.2. The number of halogens is 1. The van der Waals surface area contributed by atoms with Crippen LogP contribution in [0.1, 0.15) is 37.2 Å². The highest BCUT2D eigenvalue weighted by Crippen LogP contribution is 2.34. The first-order valence-corrected chi connectivity index (χ1v) is 7.35. The third-order valence-electron chi connectivity index (χ3n) is 4.03. The summed E-state index contributed by atoms with van der Waals surface area (Å²) in [6.07, 6.45) is 3.83. The van der Waals surface area contributed by atoms with E-state index in [1.807, 2.05) is 24.3 Å². The van der Waals surface area contributed by atoms with Gasteiger partial charge in [-0.2, -0.15) is 0 Å². The minimum absolute atomic E-state index is 0.0824. The molecule has 3 atom stereocenters. The number of fused-ring (bicyclic) bond motifs is 1. The van der Waals surface area contributed by atoms with E-state index in [0.29, 0.717) is 6.61 Å². The summed E-state index contributed by atoms with van der Waals surface area (Å²) in [5.74, 6) is 0.825. The van der Waals surface area contributed by atoms with Crippen LogP contribution in [0.4, 0.5) is 0 Å². The molecule has 0 radical (unpaired) electrons. The predicted molar refractivity (Wildman–Crippen MR) is 74.7 cm³/mol. The molecule has 0 aromatic heterocycles. The number of carbonyl (C=O) groups excluding carboxylic acids is 1. The average Bonchev–Trinajstić information content (AvgIpc) is 2.83. The molecule has 1 aromatic carbocycles. The quantitative estimate of drug-likeness (QED) is 0.846. The van der Waals surface area contributed by atoms with Gasteiger partial charge in [0.15, 0.2) is 0 Å². The number of hydrogen-bond acceptors (Lipinski definition) is 2. The van der Waals surface area contributed by atoms with E-state index in [9.17, 15) is 4.79 Å². The Kier molecular flexibility index (Phi) is 3.65. The van der Waals surface area contributed by atoms with Crippen LogP contribution in [0.25, 0.3) is 0 Å². The Hall–Kier alpha value is -1.22. The van der Waals surface area contributed by atoms with E-state index < -0.39 is 0 Å². The smallest absolute Gasteiger partial charge is 0.228 e. The van der Waals surface area contributed by atoms with E-state index in [1.54, 1.807) is 0 Å². The van der Waals surface area contributed by atoms with Crippen molar-refractivity contribution in [3.05, 3.63) is 29.8 Å². The van der Waals surface area contributed by atoms with E-state index in [0.717, 1.165) is 37.0 Å². The maximum absolute atomic E-state index is 12.4. The number of hydrogen-bond donors (Lipinski definition) is 1. The highest BCUT2D eigenvalue weighted by Gasteiger charge is 2.32. The van der Waals surface area contributed by atoms with Crippen LogP contribution in [-0.4, -0.2) is 23.9 Å². The second kappa shape index (κ2) is 5.41. The van der Waals surface area contributed by atoms with E-state index in [1.165, 1.54) is 0 Å². The largest absolute Gasteiger partial charge is 0.493 e. The summed E-state index contributed by atoms with van der Waals surface area (Å²) in [5, 5.41) is 3.20. The Bertz CT molecular complexity index is 477. The van der Waals surface area contributed by atoms with Crippen LogP contribution in [0.15, 0.2) is 24.3 Å². The summed E-state index contributed by atoms with van der Waals surface area (Å²) in [4.78, 5) is 12.4. The monoisotopic (exact) mass is 279 g/mol. The molecule has 0 saturated heterocycles. The molecule has 1 heterocycles. The van der Waals surface area contributed by atoms with Crippen molar-refractivity contribution in [3.8, 4) is 5.75 Å². The Labute approximate surface area is 118 Å². The minimum Gasteiger partial charge on any atom is -0.493 e. The fourth-order valence-corrected chi connectivity index (χ4v) is 3.32. The molecule has 1 aliphatic heterocycles. The van der Waals surface area contributed by atoms with E-state index in [-0.39, 0.29) is 23.2 Å². The van der Waals surface area contributed by atoms with Crippen molar-refractivity contribution >= 4 is 17.5 Å². The molecule has 1 fully saturated rings. The first-order valence-electron chi connectivity index (χ1n) is 6.92. The number of carbonyl (C=O) groups is 1. The van der Waals surface area contributed by atoms with Crippen LogP contribution in [0.5, 0.6) is 5.75 Å². The molecule has 1 amide bonds. The second-order valence-electron chi connectivity index (χ2n) is 5.29. The van der Waals surface area contributed by atoms with Crippen LogP contribution < -0.4 is 10.1 Å². The molecule has 1 N–H and O–H groups in total. The lowest BCUT2D eigenvalue weighted by Crippen LogP contribution is -2.41. The van der Waals surface area contributed by atoms with Gasteiger partial charge in [0.2, 0.25) is 5.91 Å². The molecule has 1 saturated carbocycles. The van der Waals surface area contributed by atoms with Crippen LogP contribution in [0.2, 0.25) is 0 Å². The summed E-state index contributed by atoms with van der Waals surface area (Å²) < 4.78 is 5.59. The van der Waals surface area contributed by atoms with Crippen LogP contribution in [0.3, 0.4) is 0 Å². The molecular formula is C15H18ClNO2. The first kappa shape index (κ1) is 12.8. The topological polar surface area (TPSA) is 38.3 Å². The highest BCUT2D eigenvalue weighted by atomic mass is 35.5. The van der Waals surface area contributed by atoms with Crippen LogP contribution in [0, 0.1) is 0 Å². The van der Waals surface area contributed by atoms with Crippen molar-refractivity contribution in [3.63, 3.8) is 0 Å². The van der Waals surface area contributed by atoms with Gasteiger partial charge in [0.05, 0.1) is 17.9 Å². The Morgan fingerprint density at radius 2 is 2.11 bits per heavy atom. The van der Waals surface area contributed by atoms with Crippen molar-refractivity contribution in [2.45, 2.75) is 43.0 Å². The highest BCUT2D eigenvalue weighted by molar-refractivity contribution is 6.21. The summed E-state index contributed by atoms with van der Waals surface area (Å²) in [6, 6.07) is 7.92. The maximum atomic E-state index is 12.4. The molecule has 3 nitrogen and oxygen atoms in total. The van der Waals surface area contributed by atoms with Crippen LogP contribution >= 0.6 is 11.6 Å². The molecule has 19 heavy (non-hydrogen) atoms. The SMILES string of the molecule is O=C(NC1CCCC1Cl)C1CCOc2ccccc21. The summed E-state index contributed by atoms with van der Waals surface area (Å²) in [7, 11) is 0. The molecule has 1 aromatic rings. The molecule has 102 valence electrons. The second-order valence-corrected chi connectivity index (χ2v) is 5.85. The van der Waals surface area contributed by atoms with Gasteiger partial charge in [-0.1, -0.05) is 18.2 Å². The van der Waals surface area contributed by atoms with Gasteiger partial charge in [-0.05, 0) is 31.7 Å². The fraction of sp³-hybridized carbons (Fsp3) is 0.533. The maximum Gasteiger partial charge on any atom is 0.228 e. The number of para-hydroxylation sites is 1. The lowest BCUT2D eigenvalue weighted by Gasteiger charge is -2.27. The molecule has 2 aliphatic rings. The predicted octanol–water partition coefficient (Wildman–Crippen LogP) is 2.83. The lowest BCUT2D eigenvalue weighted by atomic mass is 9.92. The zero-order valence-corrected chi connectivity index (χ0v) is 11.5. The number of nitrogens with one attached hydrogen (secondary N) is 1.